The molecule has 0 atom stereocenters. The Labute approximate surface area is 166 Å². The molecule has 8 heteroatoms. The lowest BCUT2D eigenvalue weighted by Gasteiger charge is -2.21. The number of halogens is 1. The molecule has 2 aromatic carbocycles. The largest absolute Gasteiger partial charge is 0.486 e. The SMILES string of the molecule is Cc1nc(Oc2ccccc2F)nc(C)c1NC(=O)c1cccc2c1OCCO2. The van der Waals surface area contributed by atoms with E-state index >= 15 is 0 Å². The molecule has 0 bridgehead atoms. The van der Waals surface area contributed by atoms with E-state index in [0.717, 1.165) is 0 Å². The molecule has 0 fully saturated rings. The van der Waals surface area contributed by atoms with Gasteiger partial charge in [-0.3, -0.25) is 4.79 Å². The van der Waals surface area contributed by atoms with Crippen molar-refractivity contribution in [3.8, 4) is 23.3 Å². The fraction of sp³-hybridized carbons (Fsp3) is 0.190. The van der Waals surface area contributed by atoms with Crippen LogP contribution in [0.3, 0.4) is 0 Å². The van der Waals surface area contributed by atoms with Crippen LogP contribution >= 0.6 is 0 Å². The average molecular weight is 395 g/mol. The van der Waals surface area contributed by atoms with Crippen LogP contribution in [0.5, 0.6) is 23.3 Å². The second kappa shape index (κ2) is 7.75. The van der Waals surface area contributed by atoms with E-state index in [1.54, 1.807) is 44.2 Å². The molecule has 1 N–H and O–H groups in total. The van der Waals surface area contributed by atoms with Gasteiger partial charge < -0.3 is 19.5 Å². The Kier molecular flexibility index (Phi) is 4.99. The second-order valence-electron chi connectivity index (χ2n) is 6.37. The molecule has 4 rings (SSSR count). The maximum absolute atomic E-state index is 13.8. The van der Waals surface area contributed by atoms with E-state index in [4.69, 9.17) is 14.2 Å². The fourth-order valence-electron chi connectivity index (χ4n) is 2.97. The molecule has 7 nitrogen and oxygen atoms in total. The first kappa shape index (κ1) is 18.7. The van der Waals surface area contributed by atoms with Gasteiger partial charge in [0.2, 0.25) is 0 Å². The zero-order chi connectivity index (χ0) is 20.4. The normalized spacial score (nSPS) is 12.4. The Balaban J connectivity index is 1.58. The number of carbonyl (C=O) groups is 1. The summed E-state index contributed by atoms with van der Waals surface area (Å²) in [6.07, 6.45) is 0. The highest BCUT2D eigenvalue weighted by atomic mass is 19.1. The summed E-state index contributed by atoms with van der Waals surface area (Å²) in [5.74, 6) is 0.0788. The lowest BCUT2D eigenvalue weighted by molar-refractivity contribution is 0.101. The number of carbonyl (C=O) groups excluding carboxylic acids is 1. The lowest BCUT2D eigenvalue weighted by Crippen LogP contribution is -2.21. The molecule has 1 amide bonds. The van der Waals surface area contributed by atoms with E-state index in [1.807, 2.05) is 0 Å². The van der Waals surface area contributed by atoms with Crippen LogP contribution in [-0.2, 0) is 0 Å². The van der Waals surface area contributed by atoms with Gasteiger partial charge in [0, 0.05) is 0 Å². The number of aryl methyl sites for hydroxylation is 2. The molecular formula is C21H18FN3O4. The zero-order valence-corrected chi connectivity index (χ0v) is 15.9. The molecule has 1 aliphatic heterocycles. The topological polar surface area (TPSA) is 82.6 Å². The average Bonchev–Trinajstić information content (AvgIpc) is 2.72. The van der Waals surface area contributed by atoms with Crippen LogP contribution in [0.2, 0.25) is 0 Å². The van der Waals surface area contributed by atoms with Gasteiger partial charge in [0.25, 0.3) is 5.91 Å². The van der Waals surface area contributed by atoms with Crippen molar-refractivity contribution >= 4 is 11.6 Å². The van der Waals surface area contributed by atoms with Crippen molar-refractivity contribution in [3.05, 3.63) is 65.2 Å². The number of nitrogens with zero attached hydrogens (tertiary/aromatic N) is 2. The molecule has 0 saturated carbocycles. The van der Waals surface area contributed by atoms with Crippen molar-refractivity contribution in [1.82, 2.24) is 9.97 Å². The van der Waals surface area contributed by atoms with Crippen LogP contribution in [0.15, 0.2) is 42.5 Å². The van der Waals surface area contributed by atoms with Crippen molar-refractivity contribution in [2.75, 3.05) is 18.5 Å². The van der Waals surface area contributed by atoms with Crippen LogP contribution in [0.25, 0.3) is 0 Å². The van der Waals surface area contributed by atoms with Crippen LogP contribution < -0.4 is 19.5 Å². The van der Waals surface area contributed by atoms with Crippen molar-refractivity contribution < 1.29 is 23.4 Å². The summed E-state index contributed by atoms with van der Waals surface area (Å²) < 4.78 is 30.4. The van der Waals surface area contributed by atoms with Gasteiger partial charge >= 0.3 is 6.01 Å². The first-order chi connectivity index (χ1) is 14.0. The molecule has 3 aromatic rings. The molecule has 0 radical (unpaired) electrons. The van der Waals surface area contributed by atoms with E-state index in [2.05, 4.69) is 15.3 Å². The Morgan fingerprint density at radius 3 is 2.52 bits per heavy atom. The van der Waals surface area contributed by atoms with E-state index in [1.165, 1.54) is 12.1 Å². The third-order valence-corrected chi connectivity index (χ3v) is 4.34. The number of amides is 1. The Morgan fingerprint density at radius 2 is 1.76 bits per heavy atom. The van der Waals surface area contributed by atoms with Crippen LogP contribution in [-0.4, -0.2) is 29.1 Å². The summed E-state index contributed by atoms with van der Waals surface area (Å²) in [5.41, 5.74) is 1.77. The standard InChI is InChI=1S/C21H18FN3O4/c1-12-18(13(2)24-21(23-12)29-16-8-4-3-7-15(16)22)25-20(26)14-6-5-9-17-19(14)28-11-10-27-17/h3-9H,10-11H2,1-2H3,(H,25,26). The lowest BCUT2D eigenvalue weighted by atomic mass is 10.1. The van der Waals surface area contributed by atoms with Crippen molar-refractivity contribution in [2.45, 2.75) is 13.8 Å². The van der Waals surface area contributed by atoms with E-state index in [-0.39, 0.29) is 17.7 Å². The highest BCUT2D eigenvalue weighted by molar-refractivity contribution is 6.07. The highest BCUT2D eigenvalue weighted by Gasteiger charge is 2.22. The smallest absolute Gasteiger partial charge is 0.322 e. The predicted octanol–water partition coefficient (Wildman–Crippen LogP) is 4.05. The van der Waals surface area contributed by atoms with Gasteiger partial charge in [-0.2, -0.15) is 9.97 Å². The molecule has 1 aromatic heterocycles. The number of ether oxygens (including phenoxy) is 3. The Hall–Kier alpha value is -3.68. The molecular weight excluding hydrogens is 377 g/mol. The molecule has 0 spiro atoms. The van der Waals surface area contributed by atoms with Gasteiger partial charge in [0.05, 0.1) is 22.6 Å². The number of anilines is 1. The summed E-state index contributed by atoms with van der Waals surface area (Å²) in [7, 11) is 0. The summed E-state index contributed by atoms with van der Waals surface area (Å²) in [6.45, 7) is 4.23. The number of aromatic nitrogens is 2. The number of rotatable bonds is 4. The van der Waals surface area contributed by atoms with Gasteiger partial charge in [-0.1, -0.05) is 18.2 Å². The molecule has 0 saturated heterocycles. The second-order valence-corrected chi connectivity index (χ2v) is 6.37. The van der Waals surface area contributed by atoms with Crippen molar-refractivity contribution in [1.29, 1.82) is 0 Å². The monoisotopic (exact) mass is 395 g/mol. The molecule has 2 heterocycles. The number of benzene rings is 2. The number of hydrogen-bond acceptors (Lipinski definition) is 6. The minimum absolute atomic E-state index is 0.00285. The van der Waals surface area contributed by atoms with Crippen LogP contribution in [0.1, 0.15) is 21.7 Å². The molecule has 0 aliphatic carbocycles. The molecule has 148 valence electrons. The zero-order valence-electron chi connectivity index (χ0n) is 15.9. The third kappa shape index (κ3) is 3.82. The highest BCUT2D eigenvalue weighted by Crippen LogP contribution is 2.34. The minimum atomic E-state index is -0.514. The van der Waals surface area contributed by atoms with E-state index in [9.17, 15) is 9.18 Å². The first-order valence-corrected chi connectivity index (χ1v) is 9.00. The Morgan fingerprint density at radius 1 is 1.03 bits per heavy atom. The maximum Gasteiger partial charge on any atom is 0.322 e. The maximum atomic E-state index is 13.8. The number of nitrogens with one attached hydrogen (secondary N) is 1. The van der Waals surface area contributed by atoms with Gasteiger partial charge in [-0.15, -0.1) is 0 Å². The van der Waals surface area contributed by atoms with Gasteiger partial charge in [0.15, 0.2) is 23.1 Å². The van der Waals surface area contributed by atoms with Gasteiger partial charge in [0.1, 0.15) is 13.2 Å². The van der Waals surface area contributed by atoms with Gasteiger partial charge in [-0.25, -0.2) is 4.39 Å². The van der Waals surface area contributed by atoms with Crippen LogP contribution in [0, 0.1) is 19.7 Å². The molecule has 29 heavy (non-hydrogen) atoms. The number of para-hydroxylation sites is 2. The fourth-order valence-corrected chi connectivity index (χ4v) is 2.97. The summed E-state index contributed by atoms with van der Waals surface area (Å²) >= 11 is 0. The Bertz CT molecular complexity index is 1060. The third-order valence-electron chi connectivity index (χ3n) is 4.34. The van der Waals surface area contributed by atoms with Crippen LogP contribution in [0.4, 0.5) is 10.1 Å². The minimum Gasteiger partial charge on any atom is -0.486 e. The summed E-state index contributed by atoms with van der Waals surface area (Å²) in [5, 5.41) is 2.82. The summed E-state index contributed by atoms with van der Waals surface area (Å²) in [6, 6.07) is 11.1. The summed E-state index contributed by atoms with van der Waals surface area (Å²) in [4.78, 5) is 21.3. The molecule has 0 unspecified atom stereocenters. The van der Waals surface area contributed by atoms with E-state index in [0.29, 0.717) is 47.4 Å². The predicted molar refractivity (Wildman–Crippen MR) is 103 cm³/mol. The van der Waals surface area contributed by atoms with Crippen molar-refractivity contribution in [3.63, 3.8) is 0 Å². The van der Waals surface area contributed by atoms with E-state index < -0.39 is 5.82 Å². The van der Waals surface area contributed by atoms with Crippen molar-refractivity contribution in [2.24, 2.45) is 0 Å². The number of hydrogen-bond donors (Lipinski definition) is 1. The quantitative estimate of drug-likeness (QED) is 0.718. The van der Waals surface area contributed by atoms with Gasteiger partial charge in [-0.05, 0) is 38.1 Å². The number of fused-ring (bicyclic) bond motifs is 1. The first-order valence-electron chi connectivity index (χ1n) is 9.00. The molecule has 1 aliphatic rings.